The van der Waals surface area contributed by atoms with Gasteiger partial charge in [0.05, 0.1) is 12.5 Å². The Morgan fingerprint density at radius 3 is 2.64 bits per heavy atom. The topological polar surface area (TPSA) is 94.5 Å². The Bertz CT molecular complexity index is 418. The number of fused-ring (bicyclic) bond motifs is 1. The highest BCUT2D eigenvalue weighted by Crippen LogP contribution is 2.40. The molecule has 0 bridgehead atoms. The van der Waals surface area contributed by atoms with Gasteiger partial charge in [0.1, 0.15) is 12.2 Å². The molecule has 0 radical (unpaired) electrons. The lowest BCUT2D eigenvalue weighted by atomic mass is 10.0. The first-order valence-electron chi connectivity index (χ1n) is 7.92. The standard InChI is InChI=1S/C15H24O7/c1-15(2)21-12-11(19-13(18)8-5-3-4-6-8)10(9(17)7-16)20-14(12)22-15/h8-12,14,16-17H,3-7H2,1-2H3. The third kappa shape index (κ3) is 3.00. The molecular formula is C15H24O7. The van der Waals surface area contributed by atoms with E-state index in [-0.39, 0.29) is 11.9 Å². The summed E-state index contributed by atoms with van der Waals surface area (Å²) < 4.78 is 22.6. The molecule has 126 valence electrons. The molecule has 1 saturated carbocycles. The Balaban J connectivity index is 1.72. The maximum Gasteiger partial charge on any atom is 0.309 e. The van der Waals surface area contributed by atoms with Crippen molar-refractivity contribution in [2.45, 2.75) is 76.0 Å². The van der Waals surface area contributed by atoms with Crippen molar-refractivity contribution in [3.63, 3.8) is 0 Å². The normalized spacial score (nSPS) is 38.9. The van der Waals surface area contributed by atoms with Crippen LogP contribution in [0.1, 0.15) is 39.5 Å². The van der Waals surface area contributed by atoms with E-state index in [1.807, 2.05) is 0 Å². The first-order chi connectivity index (χ1) is 10.4. The molecule has 22 heavy (non-hydrogen) atoms. The molecule has 0 aromatic rings. The van der Waals surface area contributed by atoms with Crippen LogP contribution in [0.2, 0.25) is 0 Å². The van der Waals surface area contributed by atoms with E-state index in [1.165, 1.54) is 0 Å². The summed E-state index contributed by atoms with van der Waals surface area (Å²) in [7, 11) is 0. The fraction of sp³-hybridized carbons (Fsp3) is 0.933. The average Bonchev–Trinajstić information content (AvgIpc) is 3.14. The van der Waals surface area contributed by atoms with Crippen molar-refractivity contribution in [3.05, 3.63) is 0 Å². The molecule has 5 atom stereocenters. The van der Waals surface area contributed by atoms with E-state index < -0.39 is 43.1 Å². The first-order valence-corrected chi connectivity index (χ1v) is 7.92. The lowest BCUT2D eigenvalue weighted by molar-refractivity contribution is -0.231. The minimum absolute atomic E-state index is 0.0960. The van der Waals surface area contributed by atoms with E-state index in [2.05, 4.69) is 0 Å². The SMILES string of the molecule is CC1(C)OC2OC(C(O)CO)C(OC(=O)C3CCCC3)C2O1. The second-order valence-electron chi connectivity index (χ2n) is 6.70. The van der Waals surface area contributed by atoms with Crippen LogP contribution >= 0.6 is 0 Å². The van der Waals surface area contributed by atoms with Crippen molar-refractivity contribution in [3.8, 4) is 0 Å². The number of esters is 1. The third-order valence-electron chi connectivity index (χ3n) is 4.53. The lowest BCUT2D eigenvalue weighted by Gasteiger charge is -2.28. The van der Waals surface area contributed by atoms with Crippen LogP contribution in [0.25, 0.3) is 0 Å². The van der Waals surface area contributed by atoms with Gasteiger partial charge in [-0.3, -0.25) is 4.79 Å². The molecule has 2 saturated heterocycles. The summed E-state index contributed by atoms with van der Waals surface area (Å²) in [5.74, 6) is -1.21. The lowest BCUT2D eigenvalue weighted by Crippen LogP contribution is -2.45. The largest absolute Gasteiger partial charge is 0.456 e. The Labute approximate surface area is 129 Å². The summed E-state index contributed by atoms with van der Waals surface area (Å²) in [4.78, 5) is 12.3. The molecule has 0 aromatic heterocycles. The zero-order valence-corrected chi connectivity index (χ0v) is 12.9. The Morgan fingerprint density at radius 2 is 2.00 bits per heavy atom. The maximum atomic E-state index is 12.3. The summed E-state index contributed by atoms with van der Waals surface area (Å²) in [6, 6.07) is 0. The molecule has 7 heteroatoms. The Kier molecular flexibility index (Phi) is 4.44. The molecule has 3 rings (SSSR count). The molecule has 3 aliphatic rings. The molecular weight excluding hydrogens is 292 g/mol. The molecule has 0 amide bonds. The molecule has 3 fully saturated rings. The van der Waals surface area contributed by atoms with Crippen LogP contribution < -0.4 is 0 Å². The summed E-state index contributed by atoms with van der Waals surface area (Å²) in [5.41, 5.74) is 0. The fourth-order valence-corrected chi connectivity index (χ4v) is 3.44. The van der Waals surface area contributed by atoms with Gasteiger partial charge in [-0.1, -0.05) is 12.8 Å². The molecule has 2 N–H and O–H groups in total. The summed E-state index contributed by atoms with van der Waals surface area (Å²) in [5, 5.41) is 19.1. The van der Waals surface area contributed by atoms with Gasteiger partial charge < -0.3 is 29.2 Å². The molecule has 0 aromatic carbocycles. The van der Waals surface area contributed by atoms with Gasteiger partial charge in [-0.2, -0.15) is 0 Å². The van der Waals surface area contributed by atoms with Crippen molar-refractivity contribution in [1.82, 2.24) is 0 Å². The Morgan fingerprint density at radius 1 is 1.32 bits per heavy atom. The monoisotopic (exact) mass is 316 g/mol. The van der Waals surface area contributed by atoms with Crippen molar-refractivity contribution >= 4 is 5.97 Å². The fourth-order valence-electron chi connectivity index (χ4n) is 3.44. The number of hydrogen-bond acceptors (Lipinski definition) is 7. The second-order valence-corrected chi connectivity index (χ2v) is 6.70. The number of aliphatic hydroxyl groups excluding tert-OH is 2. The third-order valence-corrected chi connectivity index (χ3v) is 4.53. The van der Waals surface area contributed by atoms with E-state index >= 15 is 0 Å². The second kappa shape index (κ2) is 6.05. The van der Waals surface area contributed by atoms with Gasteiger partial charge in [0.25, 0.3) is 0 Å². The highest BCUT2D eigenvalue weighted by Gasteiger charge is 2.58. The van der Waals surface area contributed by atoms with E-state index in [4.69, 9.17) is 18.9 Å². The van der Waals surface area contributed by atoms with Gasteiger partial charge in [-0.25, -0.2) is 0 Å². The summed E-state index contributed by atoms with van der Waals surface area (Å²) >= 11 is 0. The summed E-state index contributed by atoms with van der Waals surface area (Å²) in [6.07, 6.45) is -0.350. The Hall–Kier alpha value is -0.730. The molecule has 5 unspecified atom stereocenters. The number of carbonyl (C=O) groups excluding carboxylic acids is 1. The first kappa shape index (κ1) is 16.1. The van der Waals surface area contributed by atoms with Crippen molar-refractivity contribution in [1.29, 1.82) is 0 Å². The van der Waals surface area contributed by atoms with Gasteiger partial charge in [0.15, 0.2) is 24.3 Å². The highest BCUT2D eigenvalue weighted by atomic mass is 16.8. The maximum absolute atomic E-state index is 12.3. The number of rotatable bonds is 4. The quantitative estimate of drug-likeness (QED) is 0.721. The molecule has 0 spiro atoms. The zero-order valence-electron chi connectivity index (χ0n) is 12.9. The van der Waals surface area contributed by atoms with Gasteiger partial charge in [0, 0.05) is 0 Å². The zero-order chi connectivity index (χ0) is 15.9. The van der Waals surface area contributed by atoms with E-state index in [0.717, 1.165) is 25.7 Å². The van der Waals surface area contributed by atoms with E-state index in [9.17, 15) is 15.0 Å². The van der Waals surface area contributed by atoms with Gasteiger partial charge in [0.2, 0.25) is 0 Å². The van der Waals surface area contributed by atoms with Crippen LogP contribution in [0, 0.1) is 5.92 Å². The highest BCUT2D eigenvalue weighted by molar-refractivity contribution is 5.73. The van der Waals surface area contributed by atoms with Gasteiger partial charge in [-0.05, 0) is 26.7 Å². The van der Waals surface area contributed by atoms with Crippen molar-refractivity contribution < 1.29 is 34.0 Å². The van der Waals surface area contributed by atoms with Crippen LogP contribution in [-0.4, -0.2) is 59.3 Å². The van der Waals surface area contributed by atoms with Crippen LogP contribution in [-0.2, 0) is 23.7 Å². The predicted octanol–water partition coefficient (Wildman–Crippen LogP) is 0.318. The number of aliphatic hydroxyl groups is 2. The van der Waals surface area contributed by atoms with Crippen molar-refractivity contribution in [2.24, 2.45) is 5.92 Å². The average molecular weight is 316 g/mol. The molecule has 2 heterocycles. The minimum atomic E-state index is -1.15. The van der Waals surface area contributed by atoms with Gasteiger partial charge >= 0.3 is 5.97 Å². The van der Waals surface area contributed by atoms with Crippen LogP contribution in [0.5, 0.6) is 0 Å². The number of hydrogen-bond donors (Lipinski definition) is 2. The van der Waals surface area contributed by atoms with Crippen molar-refractivity contribution in [2.75, 3.05) is 6.61 Å². The number of ether oxygens (including phenoxy) is 4. The predicted molar refractivity (Wildman–Crippen MR) is 73.6 cm³/mol. The minimum Gasteiger partial charge on any atom is -0.456 e. The van der Waals surface area contributed by atoms with Gasteiger partial charge in [-0.15, -0.1) is 0 Å². The summed E-state index contributed by atoms with van der Waals surface area (Å²) in [6.45, 7) is 3.02. The van der Waals surface area contributed by atoms with Crippen LogP contribution in [0.3, 0.4) is 0 Å². The molecule has 2 aliphatic heterocycles. The van der Waals surface area contributed by atoms with E-state index in [0.29, 0.717) is 0 Å². The smallest absolute Gasteiger partial charge is 0.309 e. The molecule has 1 aliphatic carbocycles. The van der Waals surface area contributed by atoms with E-state index in [1.54, 1.807) is 13.8 Å². The molecule has 7 nitrogen and oxygen atoms in total. The van der Waals surface area contributed by atoms with Crippen LogP contribution in [0.15, 0.2) is 0 Å². The van der Waals surface area contributed by atoms with Crippen LogP contribution in [0.4, 0.5) is 0 Å². The number of carbonyl (C=O) groups is 1.